The third kappa shape index (κ3) is 2.76. The first-order valence-electron chi connectivity index (χ1n) is 6.97. The van der Waals surface area contributed by atoms with Crippen LogP contribution in [0.1, 0.15) is 23.3 Å². The van der Waals surface area contributed by atoms with Gasteiger partial charge in [0.1, 0.15) is 11.3 Å². The number of hydrogen-bond donors (Lipinski definition) is 1. The lowest BCUT2D eigenvalue weighted by atomic mass is 10.1. The quantitative estimate of drug-likeness (QED) is 0.701. The number of fused-ring (bicyclic) bond motifs is 1. The molecule has 0 spiro atoms. The minimum absolute atomic E-state index is 0.853. The predicted octanol–water partition coefficient (Wildman–Crippen LogP) is 3.78. The second-order valence-corrected chi connectivity index (χ2v) is 5.69. The normalized spacial score (nSPS) is 11.2. The van der Waals surface area contributed by atoms with Gasteiger partial charge < -0.3 is 9.73 Å². The summed E-state index contributed by atoms with van der Waals surface area (Å²) in [6.45, 7) is 3.93. The topological polar surface area (TPSA) is 38.1 Å². The van der Waals surface area contributed by atoms with Crippen molar-refractivity contribution in [3.05, 3.63) is 52.2 Å². The smallest absolute Gasteiger partial charge is 0.134 e. The van der Waals surface area contributed by atoms with E-state index in [1.165, 1.54) is 16.0 Å². The molecule has 1 N–H and O–H groups in total. The molecule has 20 heavy (non-hydrogen) atoms. The van der Waals surface area contributed by atoms with Crippen LogP contribution in [0.15, 0.2) is 40.3 Å². The first-order valence-corrected chi connectivity index (χ1v) is 7.85. The minimum atomic E-state index is 0.853. The summed E-state index contributed by atoms with van der Waals surface area (Å²) in [5, 5.41) is 7.93. The Hall–Kier alpha value is -1.65. The van der Waals surface area contributed by atoms with Crippen LogP contribution >= 0.6 is 11.3 Å². The zero-order valence-corrected chi connectivity index (χ0v) is 12.4. The van der Waals surface area contributed by atoms with E-state index in [0.29, 0.717) is 0 Å². The van der Waals surface area contributed by atoms with Crippen molar-refractivity contribution in [2.45, 2.75) is 26.3 Å². The summed E-state index contributed by atoms with van der Waals surface area (Å²) in [7, 11) is 0. The molecular formula is C16H18N2OS. The average molecular weight is 286 g/mol. The van der Waals surface area contributed by atoms with Gasteiger partial charge in [-0.15, -0.1) is 11.3 Å². The van der Waals surface area contributed by atoms with Gasteiger partial charge in [0, 0.05) is 48.5 Å². The molecule has 0 aliphatic rings. The number of nitrogens with one attached hydrogen (secondary N) is 1. The fourth-order valence-corrected chi connectivity index (χ4v) is 3.03. The molecule has 0 amide bonds. The number of nitrogens with zero attached hydrogens (tertiary/aromatic N) is 1. The summed E-state index contributed by atoms with van der Waals surface area (Å²) in [4.78, 5) is 4.29. The Bertz CT molecular complexity index is 673. The molecule has 0 unspecified atom stereocenters. The Balaban J connectivity index is 1.67. The molecule has 2 heterocycles. The molecule has 4 heteroatoms. The average Bonchev–Trinajstić information content (AvgIpc) is 3.11. The van der Waals surface area contributed by atoms with Crippen molar-refractivity contribution in [2.75, 3.05) is 6.54 Å². The third-order valence-electron chi connectivity index (χ3n) is 3.40. The number of aryl methyl sites for hydroxylation is 1. The first kappa shape index (κ1) is 13.3. The van der Waals surface area contributed by atoms with E-state index in [1.807, 2.05) is 23.7 Å². The number of aromatic nitrogens is 1. The van der Waals surface area contributed by atoms with Gasteiger partial charge in [0.05, 0.1) is 5.01 Å². The third-order valence-corrected chi connectivity index (χ3v) is 4.24. The molecule has 0 fully saturated rings. The van der Waals surface area contributed by atoms with Gasteiger partial charge in [-0.05, 0) is 6.07 Å². The highest BCUT2D eigenvalue weighted by Crippen LogP contribution is 2.26. The maximum Gasteiger partial charge on any atom is 0.134 e. The van der Waals surface area contributed by atoms with Crippen LogP contribution < -0.4 is 5.32 Å². The van der Waals surface area contributed by atoms with Crippen molar-refractivity contribution in [3.63, 3.8) is 0 Å². The van der Waals surface area contributed by atoms with Crippen molar-refractivity contribution < 1.29 is 4.42 Å². The second-order valence-electron chi connectivity index (χ2n) is 4.71. The van der Waals surface area contributed by atoms with Crippen LogP contribution in [0.5, 0.6) is 0 Å². The predicted molar refractivity (Wildman–Crippen MR) is 83.1 cm³/mol. The summed E-state index contributed by atoms with van der Waals surface area (Å²) in [5.74, 6) is 1.09. The molecule has 0 saturated carbocycles. The van der Waals surface area contributed by atoms with Crippen molar-refractivity contribution in [2.24, 2.45) is 0 Å². The van der Waals surface area contributed by atoms with Crippen LogP contribution in [-0.2, 0) is 19.4 Å². The number of rotatable bonds is 6. The van der Waals surface area contributed by atoms with Crippen LogP contribution in [0.3, 0.4) is 0 Å². The van der Waals surface area contributed by atoms with E-state index in [0.717, 1.165) is 37.3 Å². The molecule has 2 aromatic heterocycles. The van der Waals surface area contributed by atoms with E-state index in [4.69, 9.17) is 4.42 Å². The van der Waals surface area contributed by atoms with E-state index in [1.54, 1.807) is 11.3 Å². The van der Waals surface area contributed by atoms with E-state index in [9.17, 15) is 0 Å². The molecular weight excluding hydrogens is 268 g/mol. The molecule has 0 atom stereocenters. The zero-order valence-electron chi connectivity index (χ0n) is 11.6. The lowest BCUT2D eigenvalue weighted by Gasteiger charge is -2.04. The first-order chi connectivity index (χ1) is 9.88. The monoisotopic (exact) mass is 286 g/mol. The zero-order chi connectivity index (χ0) is 13.8. The fraction of sp³-hybridized carbons (Fsp3) is 0.312. The maximum atomic E-state index is 5.90. The maximum absolute atomic E-state index is 5.90. The summed E-state index contributed by atoms with van der Waals surface area (Å²) in [6, 6.07) is 8.25. The molecule has 3 aromatic rings. The summed E-state index contributed by atoms with van der Waals surface area (Å²) < 4.78 is 5.90. The van der Waals surface area contributed by atoms with Gasteiger partial charge in [0.15, 0.2) is 0 Å². The van der Waals surface area contributed by atoms with Crippen LogP contribution in [0, 0.1) is 0 Å². The van der Waals surface area contributed by atoms with Gasteiger partial charge in [-0.2, -0.15) is 0 Å². The Morgan fingerprint density at radius 1 is 1.30 bits per heavy atom. The van der Waals surface area contributed by atoms with Gasteiger partial charge in [0.2, 0.25) is 0 Å². The number of benzene rings is 1. The van der Waals surface area contributed by atoms with Crippen LogP contribution in [0.2, 0.25) is 0 Å². The van der Waals surface area contributed by atoms with E-state index in [-0.39, 0.29) is 0 Å². The van der Waals surface area contributed by atoms with Gasteiger partial charge in [-0.25, -0.2) is 4.98 Å². The van der Waals surface area contributed by atoms with Crippen LogP contribution in [0.4, 0.5) is 0 Å². The van der Waals surface area contributed by atoms with Gasteiger partial charge in [0.25, 0.3) is 0 Å². The number of furan rings is 1. The molecule has 0 aliphatic carbocycles. The molecule has 0 saturated heterocycles. The van der Waals surface area contributed by atoms with Crippen molar-refractivity contribution in [1.82, 2.24) is 10.3 Å². The highest BCUT2D eigenvalue weighted by molar-refractivity contribution is 7.09. The molecule has 1 aromatic carbocycles. The molecule has 104 valence electrons. The van der Waals surface area contributed by atoms with Crippen LogP contribution in [-0.4, -0.2) is 11.5 Å². The van der Waals surface area contributed by atoms with Crippen molar-refractivity contribution in [1.29, 1.82) is 0 Å². The number of para-hydroxylation sites is 1. The number of thiazole rings is 1. The van der Waals surface area contributed by atoms with E-state index >= 15 is 0 Å². The van der Waals surface area contributed by atoms with Gasteiger partial charge >= 0.3 is 0 Å². The Kier molecular flexibility index (Phi) is 4.14. The molecule has 3 nitrogen and oxygen atoms in total. The van der Waals surface area contributed by atoms with E-state index in [2.05, 4.69) is 29.4 Å². The largest absolute Gasteiger partial charge is 0.461 e. The Morgan fingerprint density at radius 3 is 3.00 bits per heavy atom. The molecule has 3 rings (SSSR count). The lowest BCUT2D eigenvalue weighted by molar-refractivity contribution is 0.544. The van der Waals surface area contributed by atoms with Crippen molar-refractivity contribution in [3.8, 4) is 0 Å². The minimum Gasteiger partial charge on any atom is -0.461 e. The molecule has 0 aliphatic heterocycles. The SMILES string of the molecule is CCc1oc2ccccc2c1CNCCc1nccs1. The highest BCUT2D eigenvalue weighted by Gasteiger charge is 2.11. The highest BCUT2D eigenvalue weighted by atomic mass is 32.1. The summed E-state index contributed by atoms with van der Waals surface area (Å²) in [5.41, 5.74) is 2.28. The number of hydrogen-bond acceptors (Lipinski definition) is 4. The van der Waals surface area contributed by atoms with Gasteiger partial charge in [-0.3, -0.25) is 0 Å². The summed E-state index contributed by atoms with van der Waals surface area (Å²) in [6.07, 6.45) is 3.77. The van der Waals surface area contributed by atoms with E-state index < -0.39 is 0 Å². The molecule has 0 bridgehead atoms. The standard InChI is InChI=1S/C16H18N2OS/c1-2-14-13(12-5-3-4-6-15(12)19-14)11-17-8-7-16-18-9-10-20-16/h3-6,9-10,17H,2,7-8,11H2,1H3. The second kappa shape index (κ2) is 6.20. The Labute approximate surface area is 122 Å². The fourth-order valence-electron chi connectivity index (χ4n) is 2.41. The summed E-state index contributed by atoms with van der Waals surface area (Å²) >= 11 is 1.71. The van der Waals surface area contributed by atoms with Crippen LogP contribution in [0.25, 0.3) is 11.0 Å². The van der Waals surface area contributed by atoms with Crippen molar-refractivity contribution >= 4 is 22.3 Å². The lowest BCUT2D eigenvalue weighted by Crippen LogP contribution is -2.17. The van der Waals surface area contributed by atoms with Gasteiger partial charge in [-0.1, -0.05) is 25.1 Å². The molecule has 0 radical (unpaired) electrons. The Morgan fingerprint density at radius 2 is 2.20 bits per heavy atom.